The van der Waals surface area contributed by atoms with Gasteiger partial charge in [0.1, 0.15) is 0 Å². The minimum Gasteiger partial charge on any atom is -0.378 e. The monoisotopic (exact) mass is 336 g/mol. The molecule has 0 aromatic rings. The molecule has 5 rings (SSSR count). The second-order valence-corrected chi connectivity index (χ2v) is 9.66. The van der Waals surface area contributed by atoms with Crippen LogP contribution >= 0.6 is 12.2 Å². The van der Waals surface area contributed by atoms with Gasteiger partial charge in [-0.3, -0.25) is 4.79 Å². The van der Waals surface area contributed by atoms with Crippen LogP contribution in [0.15, 0.2) is 0 Å². The van der Waals surface area contributed by atoms with Gasteiger partial charge >= 0.3 is 0 Å². The van der Waals surface area contributed by atoms with E-state index in [0.717, 1.165) is 38.3 Å². The lowest BCUT2D eigenvalue weighted by Gasteiger charge is -2.64. The molecule has 1 saturated heterocycles. The van der Waals surface area contributed by atoms with Gasteiger partial charge in [0.15, 0.2) is 5.11 Å². The van der Waals surface area contributed by atoms with Crippen molar-refractivity contribution in [2.75, 3.05) is 26.3 Å². The lowest BCUT2D eigenvalue weighted by atomic mass is 9.40. The molecule has 1 amide bonds. The second-order valence-electron chi connectivity index (χ2n) is 9.27. The quantitative estimate of drug-likeness (QED) is 0.748. The van der Waals surface area contributed by atoms with Crippen molar-refractivity contribution in [3.05, 3.63) is 0 Å². The van der Waals surface area contributed by atoms with Crippen LogP contribution in [0.4, 0.5) is 0 Å². The molecule has 4 saturated carbocycles. The van der Waals surface area contributed by atoms with Gasteiger partial charge in [-0.25, -0.2) is 0 Å². The molecule has 5 heteroatoms. The highest BCUT2D eigenvalue weighted by Gasteiger charge is 2.62. The van der Waals surface area contributed by atoms with Crippen LogP contribution in [0.25, 0.3) is 0 Å². The van der Waals surface area contributed by atoms with Crippen LogP contribution in [0.3, 0.4) is 0 Å². The number of nitrogens with one attached hydrogen (secondary N) is 1. The van der Waals surface area contributed by atoms with Crippen molar-refractivity contribution < 1.29 is 9.53 Å². The van der Waals surface area contributed by atoms with E-state index in [1.54, 1.807) is 0 Å². The summed E-state index contributed by atoms with van der Waals surface area (Å²) in [6, 6.07) is 0. The molecule has 4 aliphatic carbocycles. The number of nitrogens with zero attached hydrogens (tertiary/aromatic N) is 1. The smallest absolute Gasteiger partial charge is 0.232 e. The predicted octanol–water partition coefficient (Wildman–Crippen LogP) is 2.72. The Morgan fingerprint density at radius 2 is 1.70 bits per heavy atom. The Morgan fingerprint density at radius 1 is 1.09 bits per heavy atom. The van der Waals surface area contributed by atoms with E-state index >= 15 is 0 Å². The van der Waals surface area contributed by atoms with Gasteiger partial charge in [0, 0.05) is 13.1 Å². The topological polar surface area (TPSA) is 41.6 Å². The third-order valence-corrected chi connectivity index (χ3v) is 6.99. The highest BCUT2D eigenvalue weighted by Crippen LogP contribution is 2.69. The summed E-state index contributed by atoms with van der Waals surface area (Å²) in [5.41, 5.74) is 0.525. The van der Waals surface area contributed by atoms with E-state index in [4.69, 9.17) is 17.0 Å². The molecule has 5 fully saturated rings. The lowest BCUT2D eigenvalue weighted by molar-refractivity contribution is -0.169. The third kappa shape index (κ3) is 2.70. The second kappa shape index (κ2) is 5.16. The Hall–Kier alpha value is -0.680. The first-order chi connectivity index (χ1) is 10.8. The van der Waals surface area contributed by atoms with Crippen LogP contribution < -0.4 is 5.32 Å². The van der Waals surface area contributed by atoms with Crippen molar-refractivity contribution >= 4 is 23.2 Å². The number of hydrogen-bond acceptors (Lipinski definition) is 3. The molecular weight excluding hydrogens is 308 g/mol. The summed E-state index contributed by atoms with van der Waals surface area (Å²) in [7, 11) is 0. The molecule has 128 valence electrons. The number of ether oxygens (including phenoxy) is 1. The number of carbonyl (C=O) groups is 1. The van der Waals surface area contributed by atoms with Crippen LogP contribution in [0.2, 0.25) is 0 Å². The molecule has 0 unspecified atom stereocenters. The lowest BCUT2D eigenvalue weighted by Crippen LogP contribution is -2.61. The van der Waals surface area contributed by atoms with Gasteiger partial charge in [-0.15, -0.1) is 0 Å². The first-order valence-corrected chi connectivity index (χ1v) is 9.41. The van der Waals surface area contributed by atoms with E-state index in [-0.39, 0.29) is 11.3 Å². The van der Waals surface area contributed by atoms with Crippen molar-refractivity contribution in [2.45, 2.75) is 52.4 Å². The molecule has 0 radical (unpaired) electrons. The number of hydrogen-bond donors (Lipinski definition) is 1. The van der Waals surface area contributed by atoms with Gasteiger partial charge in [0.2, 0.25) is 5.91 Å². The summed E-state index contributed by atoms with van der Waals surface area (Å²) in [5, 5.41) is 3.71. The number of morpholine rings is 1. The van der Waals surface area contributed by atoms with E-state index in [1.807, 2.05) is 0 Å². The van der Waals surface area contributed by atoms with Crippen molar-refractivity contribution in [2.24, 2.45) is 22.2 Å². The molecular formula is C18H28N2O2S. The Balaban J connectivity index is 1.50. The SMILES string of the molecule is C[C@]12CC3CC(C(=O)NC(=S)N4CCOCC4)(C1)C[C@](C)(C3)C2. The summed E-state index contributed by atoms with van der Waals surface area (Å²) in [6.07, 6.45) is 7.07. The van der Waals surface area contributed by atoms with Gasteiger partial charge < -0.3 is 15.0 Å². The van der Waals surface area contributed by atoms with E-state index in [1.165, 1.54) is 19.3 Å². The summed E-state index contributed by atoms with van der Waals surface area (Å²) in [5.74, 6) is 0.916. The van der Waals surface area contributed by atoms with Crippen LogP contribution in [0, 0.1) is 22.2 Å². The largest absolute Gasteiger partial charge is 0.378 e. The van der Waals surface area contributed by atoms with Gasteiger partial charge in [-0.1, -0.05) is 13.8 Å². The Morgan fingerprint density at radius 3 is 2.26 bits per heavy atom. The van der Waals surface area contributed by atoms with Crippen molar-refractivity contribution in [3.63, 3.8) is 0 Å². The zero-order chi connectivity index (χ0) is 16.3. The summed E-state index contributed by atoms with van der Waals surface area (Å²) in [6.45, 7) is 7.75. The Bertz CT molecular complexity index is 525. The van der Waals surface area contributed by atoms with Gasteiger partial charge in [0.05, 0.1) is 18.6 Å². The molecule has 1 aliphatic heterocycles. The van der Waals surface area contributed by atoms with Gasteiger partial charge in [-0.2, -0.15) is 0 Å². The summed E-state index contributed by atoms with van der Waals surface area (Å²) >= 11 is 5.50. The average molecular weight is 337 g/mol. The normalized spacial score (nSPS) is 45.1. The van der Waals surface area contributed by atoms with E-state index in [2.05, 4.69) is 24.1 Å². The Labute approximate surface area is 144 Å². The Kier molecular flexibility index (Phi) is 3.55. The molecule has 0 spiro atoms. The molecule has 2 atom stereocenters. The fourth-order valence-corrected chi connectivity index (χ4v) is 7.05. The van der Waals surface area contributed by atoms with Crippen molar-refractivity contribution in [3.8, 4) is 0 Å². The molecule has 4 nitrogen and oxygen atoms in total. The fraction of sp³-hybridized carbons (Fsp3) is 0.889. The van der Waals surface area contributed by atoms with E-state index < -0.39 is 0 Å². The standard InChI is InChI=1S/C18H28N2O2S/c1-16-7-13-8-17(2,10-16)12-18(9-13,11-16)14(21)19-15(23)20-3-5-22-6-4-20/h13H,3-12H2,1-2H3,(H,19,21,23)/t13?,16-,17-,18?/m1/s1. The average Bonchev–Trinajstić information content (AvgIpc) is 2.44. The maximum absolute atomic E-state index is 13.2. The molecule has 4 bridgehead atoms. The summed E-state index contributed by atoms with van der Waals surface area (Å²) < 4.78 is 5.37. The maximum atomic E-state index is 13.2. The molecule has 23 heavy (non-hydrogen) atoms. The van der Waals surface area contributed by atoms with E-state index in [9.17, 15) is 4.79 Å². The van der Waals surface area contributed by atoms with Crippen molar-refractivity contribution in [1.29, 1.82) is 0 Å². The van der Waals surface area contributed by atoms with Crippen LogP contribution in [0.5, 0.6) is 0 Å². The fourth-order valence-electron chi connectivity index (χ4n) is 6.78. The van der Waals surface area contributed by atoms with E-state index in [0.29, 0.717) is 29.2 Å². The van der Waals surface area contributed by atoms with Gasteiger partial charge in [0.25, 0.3) is 0 Å². The predicted molar refractivity (Wildman–Crippen MR) is 93.0 cm³/mol. The minimum absolute atomic E-state index is 0.181. The van der Waals surface area contributed by atoms with Crippen LogP contribution in [-0.2, 0) is 9.53 Å². The van der Waals surface area contributed by atoms with Crippen LogP contribution in [0.1, 0.15) is 52.4 Å². The number of amides is 1. The third-order valence-electron chi connectivity index (χ3n) is 6.63. The molecule has 1 heterocycles. The van der Waals surface area contributed by atoms with Crippen molar-refractivity contribution in [1.82, 2.24) is 10.2 Å². The van der Waals surface area contributed by atoms with Gasteiger partial charge in [-0.05, 0) is 67.5 Å². The minimum atomic E-state index is -0.181. The first kappa shape index (κ1) is 15.8. The summed E-state index contributed by atoms with van der Waals surface area (Å²) in [4.78, 5) is 15.2. The highest BCUT2D eigenvalue weighted by atomic mass is 32.1. The number of thiocarbonyl (C=S) groups is 1. The number of rotatable bonds is 1. The zero-order valence-corrected chi connectivity index (χ0v) is 15.1. The first-order valence-electron chi connectivity index (χ1n) is 9.00. The number of carbonyl (C=O) groups excluding carboxylic acids is 1. The zero-order valence-electron chi connectivity index (χ0n) is 14.3. The molecule has 0 aromatic heterocycles. The highest BCUT2D eigenvalue weighted by molar-refractivity contribution is 7.80. The maximum Gasteiger partial charge on any atom is 0.232 e. The molecule has 1 N–H and O–H groups in total. The molecule has 0 aromatic carbocycles. The molecule has 5 aliphatic rings. The van der Waals surface area contributed by atoms with Crippen LogP contribution in [-0.4, -0.2) is 42.2 Å².